The lowest BCUT2D eigenvalue weighted by atomic mass is 10.1. The number of nitrogens with zero attached hydrogens (tertiary/aromatic N) is 4. The maximum atomic E-state index is 9.38. The summed E-state index contributed by atoms with van der Waals surface area (Å²) >= 11 is 0. The molecule has 0 unspecified atom stereocenters. The van der Waals surface area contributed by atoms with E-state index >= 15 is 0 Å². The Morgan fingerprint density at radius 2 is 1.85 bits per heavy atom. The fourth-order valence-electron chi connectivity index (χ4n) is 2.14. The van der Waals surface area contributed by atoms with Gasteiger partial charge in [0.25, 0.3) is 0 Å². The third-order valence-electron chi connectivity index (χ3n) is 3.46. The van der Waals surface area contributed by atoms with Gasteiger partial charge in [-0.1, -0.05) is 13.8 Å². The molecule has 0 aliphatic carbocycles. The van der Waals surface area contributed by atoms with E-state index < -0.39 is 0 Å². The zero-order chi connectivity index (χ0) is 14.5. The van der Waals surface area contributed by atoms with Crippen LogP contribution in [-0.2, 0) is 0 Å². The summed E-state index contributed by atoms with van der Waals surface area (Å²) in [6, 6.07) is -0.102. The Labute approximate surface area is 118 Å². The Morgan fingerprint density at radius 1 is 1.20 bits per heavy atom. The van der Waals surface area contributed by atoms with Crippen LogP contribution in [0.15, 0.2) is 0 Å². The maximum Gasteiger partial charge on any atom is 0.243 e. The molecule has 2 heterocycles. The van der Waals surface area contributed by atoms with Crippen molar-refractivity contribution in [2.45, 2.75) is 32.7 Å². The van der Waals surface area contributed by atoms with Crippen molar-refractivity contribution in [2.24, 2.45) is 11.8 Å². The van der Waals surface area contributed by atoms with Crippen molar-refractivity contribution in [2.75, 3.05) is 35.3 Å². The van der Waals surface area contributed by atoms with Gasteiger partial charge in [0.15, 0.2) is 0 Å². The molecular formula is C12H23N7O. The van der Waals surface area contributed by atoms with Crippen molar-refractivity contribution in [3.05, 3.63) is 0 Å². The highest BCUT2D eigenvalue weighted by Crippen LogP contribution is 2.19. The molecule has 0 saturated carbocycles. The van der Waals surface area contributed by atoms with E-state index in [1.807, 2.05) is 13.8 Å². The Kier molecular flexibility index (Phi) is 4.91. The van der Waals surface area contributed by atoms with Crippen molar-refractivity contribution in [1.29, 1.82) is 0 Å². The number of rotatable bonds is 6. The second kappa shape index (κ2) is 6.67. The predicted molar refractivity (Wildman–Crippen MR) is 78.4 cm³/mol. The molecule has 0 spiro atoms. The van der Waals surface area contributed by atoms with E-state index in [1.165, 1.54) is 0 Å². The van der Waals surface area contributed by atoms with E-state index in [0.717, 1.165) is 25.9 Å². The van der Waals surface area contributed by atoms with Gasteiger partial charge in [0.2, 0.25) is 17.8 Å². The third kappa shape index (κ3) is 3.45. The number of nitrogen functional groups attached to an aromatic ring is 1. The topological polar surface area (TPSA) is 112 Å². The first kappa shape index (κ1) is 14.7. The monoisotopic (exact) mass is 281 g/mol. The normalized spacial score (nSPS) is 16.6. The van der Waals surface area contributed by atoms with Gasteiger partial charge in [-0.15, -0.1) is 0 Å². The van der Waals surface area contributed by atoms with Gasteiger partial charge in [-0.3, -0.25) is 5.43 Å². The standard InChI is InChI=1S/C12H23N7O/c1-8(2)9(7-20)14-10-15-11(18-13)17-12(16-10)19-5-3-4-6-19/h8-9,20H,3-7,13H2,1-2H3,(H2,14,15,16,17,18)/t9-/m1/s1. The highest BCUT2D eigenvalue weighted by atomic mass is 16.3. The van der Waals surface area contributed by atoms with Gasteiger partial charge in [0, 0.05) is 13.1 Å². The fraction of sp³-hybridized carbons (Fsp3) is 0.750. The van der Waals surface area contributed by atoms with Crippen LogP contribution in [0.4, 0.5) is 17.8 Å². The molecule has 0 aromatic carbocycles. The number of nitrogens with one attached hydrogen (secondary N) is 2. The zero-order valence-electron chi connectivity index (χ0n) is 12.0. The quantitative estimate of drug-likeness (QED) is 0.432. The first-order valence-corrected chi connectivity index (χ1v) is 6.99. The Morgan fingerprint density at radius 3 is 2.40 bits per heavy atom. The van der Waals surface area contributed by atoms with Gasteiger partial charge in [-0.25, -0.2) is 5.84 Å². The largest absolute Gasteiger partial charge is 0.394 e. The lowest BCUT2D eigenvalue weighted by molar-refractivity contribution is 0.248. The van der Waals surface area contributed by atoms with E-state index in [9.17, 15) is 5.11 Å². The molecule has 1 aliphatic rings. The fourth-order valence-corrected chi connectivity index (χ4v) is 2.14. The highest BCUT2D eigenvalue weighted by molar-refractivity contribution is 5.44. The van der Waals surface area contributed by atoms with Crippen LogP contribution in [0, 0.1) is 5.92 Å². The van der Waals surface area contributed by atoms with Crippen LogP contribution < -0.4 is 21.5 Å². The summed E-state index contributed by atoms with van der Waals surface area (Å²) in [5.41, 5.74) is 2.46. The minimum absolute atomic E-state index is 0.0216. The SMILES string of the molecule is CC(C)[C@@H](CO)Nc1nc(NN)nc(N2CCCC2)n1. The van der Waals surface area contributed by atoms with Gasteiger partial charge in [-0.05, 0) is 18.8 Å². The minimum atomic E-state index is -0.102. The molecule has 1 atom stereocenters. The van der Waals surface area contributed by atoms with Crippen LogP contribution in [0.2, 0.25) is 0 Å². The smallest absolute Gasteiger partial charge is 0.243 e. The molecule has 1 saturated heterocycles. The van der Waals surface area contributed by atoms with Gasteiger partial charge >= 0.3 is 0 Å². The molecule has 20 heavy (non-hydrogen) atoms. The molecule has 8 heteroatoms. The van der Waals surface area contributed by atoms with Crippen molar-refractivity contribution in [3.8, 4) is 0 Å². The number of aromatic nitrogens is 3. The summed E-state index contributed by atoms with van der Waals surface area (Å²) in [5.74, 6) is 7.05. The molecule has 8 nitrogen and oxygen atoms in total. The lowest BCUT2D eigenvalue weighted by Gasteiger charge is -2.21. The Hall–Kier alpha value is -1.67. The van der Waals surface area contributed by atoms with Gasteiger partial charge in [0.05, 0.1) is 12.6 Å². The molecule has 0 bridgehead atoms. The molecule has 0 amide bonds. The van der Waals surface area contributed by atoms with Gasteiger partial charge in [0.1, 0.15) is 0 Å². The van der Waals surface area contributed by atoms with E-state index in [-0.39, 0.29) is 18.6 Å². The first-order valence-electron chi connectivity index (χ1n) is 6.99. The molecule has 1 aliphatic heterocycles. The van der Waals surface area contributed by atoms with E-state index in [2.05, 4.69) is 30.6 Å². The van der Waals surface area contributed by atoms with Gasteiger partial charge < -0.3 is 15.3 Å². The van der Waals surface area contributed by atoms with E-state index in [0.29, 0.717) is 17.8 Å². The number of hydrogen-bond acceptors (Lipinski definition) is 8. The van der Waals surface area contributed by atoms with Crippen molar-refractivity contribution < 1.29 is 5.11 Å². The second-order valence-corrected chi connectivity index (χ2v) is 5.30. The summed E-state index contributed by atoms with van der Waals surface area (Å²) in [6.07, 6.45) is 2.29. The molecule has 0 radical (unpaired) electrons. The first-order chi connectivity index (χ1) is 9.63. The molecule has 112 valence electrons. The van der Waals surface area contributed by atoms with E-state index in [4.69, 9.17) is 5.84 Å². The molecular weight excluding hydrogens is 258 g/mol. The maximum absolute atomic E-state index is 9.38. The molecule has 2 rings (SSSR count). The van der Waals surface area contributed by atoms with Gasteiger partial charge in [-0.2, -0.15) is 15.0 Å². The number of hydrazine groups is 1. The number of hydrogen-bond donors (Lipinski definition) is 4. The van der Waals surface area contributed by atoms with Crippen LogP contribution in [0.25, 0.3) is 0 Å². The van der Waals surface area contributed by atoms with Crippen molar-refractivity contribution in [3.63, 3.8) is 0 Å². The average Bonchev–Trinajstić information content (AvgIpc) is 2.98. The van der Waals surface area contributed by atoms with Crippen molar-refractivity contribution >= 4 is 17.8 Å². The molecule has 1 fully saturated rings. The highest BCUT2D eigenvalue weighted by Gasteiger charge is 2.19. The Balaban J connectivity index is 2.20. The van der Waals surface area contributed by atoms with Crippen LogP contribution in [0.1, 0.15) is 26.7 Å². The minimum Gasteiger partial charge on any atom is -0.394 e. The average molecular weight is 281 g/mol. The Bertz CT molecular complexity index is 434. The summed E-state index contributed by atoms with van der Waals surface area (Å²) in [6.45, 7) is 5.97. The summed E-state index contributed by atoms with van der Waals surface area (Å²) < 4.78 is 0. The van der Waals surface area contributed by atoms with Crippen LogP contribution in [0.3, 0.4) is 0 Å². The predicted octanol–water partition coefficient (Wildman–Crippen LogP) is 0.186. The van der Waals surface area contributed by atoms with Crippen LogP contribution in [0.5, 0.6) is 0 Å². The number of aliphatic hydroxyl groups excluding tert-OH is 1. The summed E-state index contributed by atoms with van der Waals surface area (Å²) in [7, 11) is 0. The number of aliphatic hydroxyl groups is 1. The van der Waals surface area contributed by atoms with Crippen molar-refractivity contribution in [1.82, 2.24) is 15.0 Å². The number of anilines is 3. The zero-order valence-corrected chi connectivity index (χ0v) is 12.0. The van der Waals surface area contributed by atoms with Crippen LogP contribution in [-0.4, -0.2) is 45.8 Å². The third-order valence-corrected chi connectivity index (χ3v) is 3.46. The molecule has 1 aromatic rings. The van der Waals surface area contributed by atoms with Crippen LogP contribution >= 0.6 is 0 Å². The number of nitrogens with two attached hydrogens (primary N) is 1. The second-order valence-electron chi connectivity index (χ2n) is 5.30. The van der Waals surface area contributed by atoms with E-state index in [1.54, 1.807) is 0 Å². The molecule has 1 aromatic heterocycles. The lowest BCUT2D eigenvalue weighted by Crippen LogP contribution is -2.31. The summed E-state index contributed by atoms with van der Waals surface area (Å²) in [5, 5.41) is 12.5. The summed E-state index contributed by atoms with van der Waals surface area (Å²) in [4.78, 5) is 15.0. The molecule has 5 N–H and O–H groups in total.